The van der Waals surface area contributed by atoms with Gasteiger partial charge in [0.15, 0.2) is 5.78 Å². The van der Waals surface area contributed by atoms with Gasteiger partial charge in [-0.3, -0.25) is 4.79 Å². The van der Waals surface area contributed by atoms with Crippen LogP contribution in [-0.4, -0.2) is 43.5 Å². The molecular weight excluding hydrogens is 390 g/mol. The largest absolute Gasteiger partial charge is 0.545 e. The summed E-state index contributed by atoms with van der Waals surface area (Å²) in [4.78, 5) is 34.3. The first-order chi connectivity index (χ1) is 13.8. The molecule has 2 aromatic carbocycles. The predicted molar refractivity (Wildman–Crippen MR) is 109 cm³/mol. The van der Waals surface area contributed by atoms with E-state index in [4.69, 9.17) is 5.11 Å². The van der Waals surface area contributed by atoms with Gasteiger partial charge in [-0.25, -0.2) is 4.79 Å². The van der Waals surface area contributed by atoms with Crippen LogP contribution >= 0.6 is 11.8 Å². The first-order valence-electron chi connectivity index (χ1n) is 9.10. The Hall–Kier alpha value is -2.90. The molecule has 0 aromatic heterocycles. The fourth-order valence-electron chi connectivity index (χ4n) is 2.88. The molecule has 0 amide bonds. The van der Waals surface area contributed by atoms with Crippen molar-refractivity contribution >= 4 is 29.5 Å². The van der Waals surface area contributed by atoms with Crippen LogP contribution < -0.4 is 10.0 Å². The van der Waals surface area contributed by atoms with Crippen LogP contribution in [0, 0.1) is 0 Å². The van der Waals surface area contributed by atoms with Crippen LogP contribution in [-0.2, 0) is 9.59 Å². The van der Waals surface area contributed by atoms with E-state index in [0.29, 0.717) is 17.4 Å². The third-order valence-electron chi connectivity index (χ3n) is 4.22. The lowest BCUT2D eigenvalue weighted by atomic mass is 9.96. The molecule has 1 aliphatic heterocycles. The zero-order chi connectivity index (χ0) is 21.4. The van der Waals surface area contributed by atoms with E-state index in [2.05, 4.69) is 26.2 Å². The van der Waals surface area contributed by atoms with Crippen molar-refractivity contribution < 1.29 is 29.5 Å². The first-order valence-corrected chi connectivity index (χ1v) is 9.98. The molecule has 3 rings (SSSR count). The molecule has 2 N–H and O–H groups in total. The van der Waals surface area contributed by atoms with E-state index in [1.54, 1.807) is 0 Å². The molecular formula is C22H23NO5S. The molecule has 1 aliphatic rings. The fraction of sp³-hybridized carbons (Fsp3) is 0.227. The van der Waals surface area contributed by atoms with Crippen molar-refractivity contribution in [3.8, 4) is 0 Å². The summed E-state index contributed by atoms with van der Waals surface area (Å²) in [5, 5.41) is 17.6. The minimum Gasteiger partial charge on any atom is -0.545 e. The Morgan fingerprint density at radius 1 is 1.07 bits per heavy atom. The lowest BCUT2D eigenvalue weighted by Crippen LogP contribution is -3.05. The molecule has 0 saturated carbocycles. The molecule has 2 aromatic rings. The number of carboxylic acid groups (broad SMARTS) is 2. The molecule has 1 atom stereocenters. The van der Waals surface area contributed by atoms with Crippen LogP contribution in [0.1, 0.15) is 33.2 Å². The summed E-state index contributed by atoms with van der Waals surface area (Å²) < 4.78 is 0. The lowest BCUT2D eigenvalue weighted by molar-refractivity contribution is -0.858. The molecule has 7 heteroatoms. The van der Waals surface area contributed by atoms with E-state index in [-0.39, 0.29) is 5.78 Å². The predicted octanol–water partition coefficient (Wildman–Crippen LogP) is 0.976. The standard InChI is InChI=1S/C18H19NOS.C4H4O4/c1-19(2)12-11-17-13-7-3-4-8-14(13)18(20)15-9-5-6-10-16(15)21-17;5-3(6)1-2-4(7)8/h3-10,17H,11-12H2,1-2H3;1-2H,(H,5,6)(H,7,8)/b;2-1-. The number of benzene rings is 2. The second-order valence-electron chi connectivity index (χ2n) is 6.76. The average molecular weight is 413 g/mol. The van der Waals surface area contributed by atoms with Crippen LogP contribution in [0.15, 0.2) is 65.6 Å². The van der Waals surface area contributed by atoms with Crippen LogP contribution in [0.4, 0.5) is 0 Å². The van der Waals surface area contributed by atoms with Gasteiger partial charge in [0.25, 0.3) is 0 Å². The van der Waals surface area contributed by atoms with Gasteiger partial charge in [-0.1, -0.05) is 36.4 Å². The van der Waals surface area contributed by atoms with Crippen molar-refractivity contribution in [3.63, 3.8) is 0 Å². The first kappa shape index (κ1) is 22.4. The number of rotatable bonds is 5. The van der Waals surface area contributed by atoms with Crippen molar-refractivity contribution in [1.82, 2.24) is 0 Å². The maximum absolute atomic E-state index is 12.8. The number of carbonyl (C=O) groups excluding carboxylic acids is 2. The van der Waals surface area contributed by atoms with Gasteiger partial charge in [0.2, 0.25) is 0 Å². The number of carboxylic acids is 2. The second kappa shape index (κ2) is 10.6. The number of fused-ring (bicyclic) bond motifs is 2. The molecule has 152 valence electrons. The Labute approximate surface area is 173 Å². The zero-order valence-corrected chi connectivity index (χ0v) is 17.1. The smallest absolute Gasteiger partial charge is 0.328 e. The van der Waals surface area contributed by atoms with E-state index in [9.17, 15) is 19.5 Å². The molecule has 0 fully saturated rings. The minimum atomic E-state index is -1.51. The van der Waals surface area contributed by atoms with Crippen molar-refractivity contribution in [2.45, 2.75) is 16.6 Å². The van der Waals surface area contributed by atoms with E-state index >= 15 is 0 Å². The van der Waals surface area contributed by atoms with E-state index in [1.807, 2.05) is 48.2 Å². The highest BCUT2D eigenvalue weighted by Gasteiger charge is 2.27. The molecule has 0 radical (unpaired) electrons. The summed E-state index contributed by atoms with van der Waals surface area (Å²) in [6.45, 7) is 1.10. The number of ketones is 1. The molecule has 0 aliphatic carbocycles. The maximum Gasteiger partial charge on any atom is 0.328 e. The highest BCUT2D eigenvalue weighted by Crippen LogP contribution is 2.43. The molecule has 0 saturated heterocycles. The second-order valence-corrected chi connectivity index (χ2v) is 8.00. The van der Waals surface area contributed by atoms with E-state index in [1.165, 1.54) is 10.5 Å². The van der Waals surface area contributed by atoms with Gasteiger partial charge in [-0.2, -0.15) is 0 Å². The van der Waals surface area contributed by atoms with Crippen molar-refractivity contribution in [1.29, 1.82) is 0 Å². The Kier molecular flexibility index (Phi) is 8.18. The Morgan fingerprint density at radius 2 is 1.69 bits per heavy atom. The highest BCUT2D eigenvalue weighted by atomic mass is 32.2. The normalized spacial score (nSPS) is 15.1. The Bertz CT molecular complexity index is 907. The summed E-state index contributed by atoms with van der Waals surface area (Å²) >= 11 is 1.83. The number of hydrogen-bond acceptors (Lipinski definition) is 5. The molecule has 0 bridgehead atoms. The monoisotopic (exact) mass is 413 g/mol. The molecule has 6 nitrogen and oxygen atoms in total. The van der Waals surface area contributed by atoms with Crippen LogP contribution in [0.3, 0.4) is 0 Å². The van der Waals surface area contributed by atoms with Gasteiger partial charge in [0.1, 0.15) is 0 Å². The van der Waals surface area contributed by atoms with Gasteiger partial charge in [-0.15, -0.1) is 11.8 Å². The zero-order valence-electron chi connectivity index (χ0n) is 16.3. The van der Waals surface area contributed by atoms with Crippen molar-refractivity contribution in [3.05, 3.63) is 77.4 Å². The molecule has 29 heavy (non-hydrogen) atoms. The van der Waals surface area contributed by atoms with E-state index in [0.717, 1.165) is 29.0 Å². The number of carbonyl (C=O) groups is 3. The number of quaternary nitrogens is 1. The van der Waals surface area contributed by atoms with Crippen molar-refractivity contribution in [2.75, 3.05) is 20.6 Å². The summed E-state index contributed by atoms with van der Waals surface area (Å²) in [7, 11) is 4.35. The molecule has 1 heterocycles. The minimum absolute atomic E-state index is 0.161. The van der Waals surface area contributed by atoms with Crippen LogP contribution in [0.25, 0.3) is 0 Å². The van der Waals surface area contributed by atoms with E-state index < -0.39 is 11.9 Å². The topological polar surface area (TPSA) is 98.9 Å². The summed E-state index contributed by atoms with van der Waals surface area (Å²) in [5.41, 5.74) is 2.90. The fourth-order valence-corrected chi connectivity index (χ4v) is 4.20. The average Bonchev–Trinajstić information content (AvgIpc) is 2.81. The third-order valence-corrected chi connectivity index (χ3v) is 5.61. The highest BCUT2D eigenvalue weighted by molar-refractivity contribution is 7.99. The van der Waals surface area contributed by atoms with Crippen LogP contribution in [0.5, 0.6) is 0 Å². The third kappa shape index (κ3) is 6.58. The number of nitrogens with one attached hydrogen (secondary N) is 1. The van der Waals surface area contributed by atoms with Crippen LogP contribution in [0.2, 0.25) is 0 Å². The number of thioether (sulfide) groups is 1. The molecule has 1 unspecified atom stereocenters. The number of hydrogen-bond donors (Lipinski definition) is 2. The van der Waals surface area contributed by atoms with Gasteiger partial charge < -0.3 is 19.9 Å². The quantitative estimate of drug-likeness (QED) is 0.709. The lowest BCUT2D eigenvalue weighted by Gasteiger charge is -2.18. The summed E-state index contributed by atoms with van der Waals surface area (Å²) in [6.07, 6.45) is 2.02. The van der Waals surface area contributed by atoms with Crippen molar-refractivity contribution in [2.24, 2.45) is 0 Å². The Morgan fingerprint density at radius 3 is 2.28 bits per heavy atom. The van der Waals surface area contributed by atoms with Gasteiger partial charge in [0, 0.05) is 33.8 Å². The maximum atomic E-state index is 12.8. The van der Waals surface area contributed by atoms with Gasteiger partial charge >= 0.3 is 5.97 Å². The number of aliphatic carboxylic acids is 2. The SMILES string of the molecule is C[NH+](C)CCC1Sc2ccccc2C(=O)c2ccccc21.O=C([O-])/C=C\C(=O)O. The van der Waals surface area contributed by atoms with Gasteiger partial charge in [-0.05, 0) is 23.8 Å². The molecule has 0 spiro atoms. The Balaban J connectivity index is 0.000000321. The summed E-state index contributed by atoms with van der Waals surface area (Å²) in [5.74, 6) is -2.64. The summed E-state index contributed by atoms with van der Waals surface area (Å²) in [6, 6.07) is 16.1. The van der Waals surface area contributed by atoms with Gasteiger partial charge in [0.05, 0.1) is 26.6 Å².